The highest BCUT2D eigenvalue weighted by molar-refractivity contribution is 7.16. The van der Waals surface area contributed by atoms with Gasteiger partial charge in [0.15, 0.2) is 0 Å². The average molecular weight is 282 g/mol. The average Bonchev–Trinajstić information content (AvgIpc) is 3.00. The van der Waals surface area contributed by atoms with Crippen LogP contribution < -0.4 is 5.32 Å². The number of carbonyl (C=O) groups is 1. The Morgan fingerprint density at radius 1 is 1.20 bits per heavy atom. The third kappa shape index (κ3) is 2.16. The van der Waals surface area contributed by atoms with Crippen LogP contribution in [0, 0.1) is 0 Å². The Morgan fingerprint density at radius 2 is 2.05 bits per heavy atom. The number of thiophene rings is 1. The number of fused-ring (bicyclic) bond motifs is 1. The Labute approximate surface area is 121 Å². The second kappa shape index (κ2) is 4.56. The number of para-hydroxylation sites is 1. The van der Waals surface area contributed by atoms with Crippen molar-refractivity contribution in [3.8, 4) is 0 Å². The molecule has 1 saturated carbocycles. The third-order valence-electron chi connectivity index (χ3n) is 3.63. The summed E-state index contributed by atoms with van der Waals surface area (Å²) in [7, 11) is 0. The number of nitrogens with zero attached hydrogens (tertiary/aromatic N) is 1. The van der Waals surface area contributed by atoms with Crippen molar-refractivity contribution in [2.75, 3.05) is 0 Å². The summed E-state index contributed by atoms with van der Waals surface area (Å²) in [6.45, 7) is 0. The van der Waals surface area contributed by atoms with Crippen molar-refractivity contribution in [2.45, 2.75) is 25.3 Å². The van der Waals surface area contributed by atoms with Gasteiger partial charge < -0.3 is 5.32 Å². The summed E-state index contributed by atoms with van der Waals surface area (Å²) in [5.74, 6) is 0.0554. The summed E-state index contributed by atoms with van der Waals surface area (Å²) < 4.78 is 0. The number of carbonyl (C=O) groups excluding carboxylic acids is 1. The first kappa shape index (κ1) is 11.9. The molecule has 0 spiro atoms. The van der Waals surface area contributed by atoms with Gasteiger partial charge in [-0.25, -0.2) is 0 Å². The van der Waals surface area contributed by atoms with E-state index >= 15 is 0 Å². The zero-order valence-electron chi connectivity index (χ0n) is 10.9. The Kier molecular flexibility index (Phi) is 2.70. The zero-order valence-corrected chi connectivity index (χ0v) is 11.7. The number of hydrogen-bond acceptors (Lipinski definition) is 3. The van der Waals surface area contributed by atoms with E-state index in [9.17, 15) is 4.79 Å². The highest BCUT2D eigenvalue weighted by Crippen LogP contribution is 2.31. The molecule has 2 aromatic rings. The topological polar surface area (TPSA) is 41.5 Å². The van der Waals surface area contributed by atoms with Crippen LogP contribution in [0.25, 0.3) is 0 Å². The molecule has 1 aliphatic carbocycles. The molecular weight excluding hydrogens is 268 g/mol. The van der Waals surface area contributed by atoms with Gasteiger partial charge in [0.25, 0.3) is 5.91 Å². The first-order valence-corrected chi connectivity index (χ1v) is 7.68. The minimum Gasteiger partial charge on any atom is -0.349 e. The maximum atomic E-state index is 12.0. The molecule has 1 aromatic heterocycles. The molecule has 1 amide bonds. The number of rotatable bonds is 3. The Hall–Kier alpha value is -1.94. The van der Waals surface area contributed by atoms with Crippen LogP contribution in [0.5, 0.6) is 0 Å². The van der Waals surface area contributed by atoms with Gasteiger partial charge in [0.05, 0.1) is 16.3 Å². The Bertz CT molecular complexity index is 713. The molecule has 4 rings (SSSR count). The molecular formula is C16H14N2OS. The predicted octanol–water partition coefficient (Wildman–Crippen LogP) is 3.32. The summed E-state index contributed by atoms with van der Waals surface area (Å²) in [6, 6.07) is 12.5. The molecule has 1 aliphatic heterocycles. The zero-order chi connectivity index (χ0) is 13.5. The van der Waals surface area contributed by atoms with Gasteiger partial charge in [-0.3, -0.25) is 9.79 Å². The molecule has 4 heteroatoms. The first-order chi connectivity index (χ1) is 9.79. The van der Waals surface area contributed by atoms with Crippen LogP contribution in [-0.2, 0) is 6.42 Å². The van der Waals surface area contributed by atoms with E-state index in [2.05, 4.69) is 16.4 Å². The quantitative estimate of drug-likeness (QED) is 0.922. The van der Waals surface area contributed by atoms with Crippen LogP contribution in [0.1, 0.15) is 33.0 Å². The molecule has 0 saturated heterocycles. The molecule has 1 N–H and O–H groups in total. The Morgan fingerprint density at radius 3 is 2.85 bits per heavy atom. The maximum absolute atomic E-state index is 12.0. The second-order valence-electron chi connectivity index (χ2n) is 5.28. The van der Waals surface area contributed by atoms with Crippen molar-refractivity contribution in [3.05, 3.63) is 51.7 Å². The number of benzene rings is 1. The molecule has 100 valence electrons. The first-order valence-electron chi connectivity index (χ1n) is 6.86. The fourth-order valence-corrected chi connectivity index (χ4v) is 3.27. The van der Waals surface area contributed by atoms with Crippen molar-refractivity contribution in [3.63, 3.8) is 0 Å². The lowest BCUT2D eigenvalue weighted by molar-refractivity contribution is 0.0955. The van der Waals surface area contributed by atoms with Gasteiger partial charge in [-0.2, -0.15) is 0 Å². The van der Waals surface area contributed by atoms with Crippen molar-refractivity contribution >= 4 is 28.6 Å². The van der Waals surface area contributed by atoms with E-state index in [1.54, 1.807) is 0 Å². The van der Waals surface area contributed by atoms with Crippen LogP contribution >= 0.6 is 11.3 Å². The molecule has 1 aromatic carbocycles. The fourth-order valence-electron chi connectivity index (χ4n) is 2.38. The van der Waals surface area contributed by atoms with Gasteiger partial charge in [0, 0.05) is 17.3 Å². The largest absolute Gasteiger partial charge is 0.349 e. The molecule has 1 fully saturated rings. The van der Waals surface area contributed by atoms with Crippen LogP contribution in [0.4, 0.5) is 5.69 Å². The van der Waals surface area contributed by atoms with E-state index in [4.69, 9.17) is 0 Å². The molecule has 20 heavy (non-hydrogen) atoms. The lowest BCUT2D eigenvalue weighted by Gasteiger charge is -1.99. The predicted molar refractivity (Wildman–Crippen MR) is 81.2 cm³/mol. The molecule has 0 radical (unpaired) electrons. The summed E-state index contributed by atoms with van der Waals surface area (Å²) in [5, 5.41) is 3.02. The minimum atomic E-state index is 0.0554. The maximum Gasteiger partial charge on any atom is 0.261 e. The van der Waals surface area contributed by atoms with Gasteiger partial charge in [0.1, 0.15) is 0 Å². The summed E-state index contributed by atoms with van der Waals surface area (Å²) >= 11 is 1.54. The van der Waals surface area contributed by atoms with E-state index in [1.165, 1.54) is 16.9 Å². The summed E-state index contributed by atoms with van der Waals surface area (Å²) in [6.07, 6.45) is 3.10. The summed E-state index contributed by atoms with van der Waals surface area (Å²) in [5.41, 5.74) is 3.39. The number of aliphatic imine (C=N–C) groups is 1. The number of hydrogen-bond donors (Lipinski definition) is 1. The van der Waals surface area contributed by atoms with Gasteiger partial charge in [0.2, 0.25) is 0 Å². The fraction of sp³-hybridized carbons (Fsp3) is 0.250. The van der Waals surface area contributed by atoms with Gasteiger partial charge >= 0.3 is 0 Å². The number of nitrogens with one attached hydrogen (secondary N) is 1. The molecule has 0 atom stereocenters. The smallest absolute Gasteiger partial charge is 0.261 e. The van der Waals surface area contributed by atoms with E-state index in [0.29, 0.717) is 6.04 Å². The lowest BCUT2D eigenvalue weighted by atomic mass is 10.1. The molecule has 0 unspecified atom stereocenters. The van der Waals surface area contributed by atoms with E-state index < -0.39 is 0 Å². The van der Waals surface area contributed by atoms with Gasteiger partial charge in [-0.15, -0.1) is 11.3 Å². The van der Waals surface area contributed by atoms with Crippen molar-refractivity contribution in [2.24, 2.45) is 4.99 Å². The normalized spacial score (nSPS) is 16.7. The molecule has 3 nitrogen and oxygen atoms in total. The molecule has 0 bridgehead atoms. The van der Waals surface area contributed by atoms with Crippen molar-refractivity contribution in [1.29, 1.82) is 0 Å². The SMILES string of the molecule is O=C(NC1CC1)c1ccc(C2=Nc3ccccc3C2)s1. The lowest BCUT2D eigenvalue weighted by Crippen LogP contribution is -2.24. The standard InChI is InChI=1S/C16H14N2OS/c19-16(17-11-5-6-11)15-8-7-14(20-15)13-9-10-3-1-2-4-12(10)18-13/h1-4,7-8,11H,5-6,9H2,(H,17,19). The highest BCUT2D eigenvalue weighted by atomic mass is 32.1. The second-order valence-corrected chi connectivity index (χ2v) is 6.36. The van der Waals surface area contributed by atoms with E-state index in [0.717, 1.165) is 40.4 Å². The minimum absolute atomic E-state index is 0.0554. The molecule has 2 heterocycles. The van der Waals surface area contributed by atoms with Crippen LogP contribution in [0.15, 0.2) is 41.4 Å². The van der Waals surface area contributed by atoms with Crippen LogP contribution in [0.2, 0.25) is 0 Å². The summed E-state index contributed by atoms with van der Waals surface area (Å²) in [4.78, 5) is 18.5. The monoisotopic (exact) mass is 282 g/mol. The van der Waals surface area contributed by atoms with Gasteiger partial charge in [-0.1, -0.05) is 18.2 Å². The third-order valence-corrected chi connectivity index (χ3v) is 4.76. The van der Waals surface area contributed by atoms with Crippen LogP contribution in [0.3, 0.4) is 0 Å². The van der Waals surface area contributed by atoms with E-state index in [1.807, 2.05) is 30.3 Å². The van der Waals surface area contributed by atoms with Gasteiger partial charge in [-0.05, 0) is 36.6 Å². The number of amides is 1. The van der Waals surface area contributed by atoms with E-state index in [-0.39, 0.29) is 5.91 Å². The molecule has 2 aliphatic rings. The van der Waals surface area contributed by atoms with Crippen molar-refractivity contribution in [1.82, 2.24) is 5.32 Å². The Balaban J connectivity index is 1.56. The van der Waals surface area contributed by atoms with Crippen LogP contribution in [-0.4, -0.2) is 17.7 Å². The highest BCUT2D eigenvalue weighted by Gasteiger charge is 2.25. The van der Waals surface area contributed by atoms with Crippen molar-refractivity contribution < 1.29 is 4.79 Å².